The molecule has 0 radical (unpaired) electrons. The van der Waals surface area contributed by atoms with Gasteiger partial charge in [0.1, 0.15) is 23.1 Å². The first kappa shape index (κ1) is 75.6. The van der Waals surface area contributed by atoms with Crippen LogP contribution >= 0.6 is 27.7 Å². The maximum atomic E-state index is 15.4. The minimum Gasteiger partial charge on any atom is -0.455 e. The third-order valence-electron chi connectivity index (χ3n) is 14.4. The highest BCUT2D eigenvalue weighted by atomic mass is 35.5. The van der Waals surface area contributed by atoms with Crippen LogP contribution in [-0.2, 0) is 63.3 Å². The second-order valence-corrected chi connectivity index (χ2v) is 28.4. The number of aliphatic imine (C=N–C) groups is 1. The van der Waals surface area contributed by atoms with Crippen LogP contribution in [0.3, 0.4) is 0 Å². The van der Waals surface area contributed by atoms with Gasteiger partial charge in [-0.25, -0.2) is 16.0 Å². The van der Waals surface area contributed by atoms with Gasteiger partial charge in [0.15, 0.2) is 23.5 Å². The lowest BCUT2D eigenvalue weighted by molar-refractivity contribution is -0.280. The molecule has 6 rings (SSSR count). The number of hydrogen-bond donors (Lipinski definition) is 2. The first-order chi connectivity index (χ1) is 43.6. The fourth-order valence-corrected chi connectivity index (χ4v) is 13.4. The summed E-state index contributed by atoms with van der Waals surface area (Å²) < 4.78 is 148. The van der Waals surface area contributed by atoms with Crippen LogP contribution in [0.1, 0.15) is 160 Å². The minimum absolute atomic E-state index is 0.0197. The van der Waals surface area contributed by atoms with Crippen LogP contribution < -0.4 is 30.1 Å². The number of amides is 2. The molecule has 2 aliphatic rings. The molecule has 0 saturated carbocycles. The molecule has 93 heavy (non-hydrogen) atoms. The number of esters is 3. The molecule has 0 bridgehead atoms. The number of carbonyl (C=O) groups excluding carboxylic acids is 5. The van der Waals surface area contributed by atoms with Gasteiger partial charge in [-0.1, -0.05) is 48.7 Å². The van der Waals surface area contributed by atoms with Crippen LogP contribution in [-0.4, -0.2) is 118 Å². The molecule has 0 aromatic heterocycles. The Labute approximate surface area is 543 Å². The molecule has 510 valence electrons. The number of ether oxygens (including phenoxy) is 5. The predicted molar refractivity (Wildman–Crippen MR) is 337 cm³/mol. The van der Waals surface area contributed by atoms with E-state index in [1.165, 1.54) is 30.3 Å². The van der Waals surface area contributed by atoms with E-state index in [4.69, 9.17) is 55.2 Å². The van der Waals surface area contributed by atoms with Crippen molar-refractivity contribution in [2.45, 2.75) is 164 Å². The lowest BCUT2D eigenvalue weighted by Crippen LogP contribution is -2.37. The Kier molecular flexibility index (Phi) is 26.7. The largest absolute Gasteiger partial charge is 0.573 e. The number of carbonyl (C=O) groups is 5. The van der Waals surface area contributed by atoms with E-state index >= 15 is 4.57 Å². The first-order valence-corrected chi connectivity index (χ1v) is 33.5. The van der Waals surface area contributed by atoms with Crippen molar-refractivity contribution < 1.29 is 96.7 Å². The van der Waals surface area contributed by atoms with Crippen LogP contribution in [0.5, 0.6) is 23.0 Å². The number of hydrogen-bond acceptors (Lipinski definition) is 17. The molecule has 29 heteroatoms. The maximum absolute atomic E-state index is 15.4. The van der Waals surface area contributed by atoms with Crippen LogP contribution in [0.4, 0.5) is 26.3 Å². The molecule has 2 heterocycles. The molecule has 2 amide bonds. The van der Waals surface area contributed by atoms with E-state index in [0.29, 0.717) is 30.3 Å². The zero-order valence-corrected chi connectivity index (χ0v) is 56.2. The third kappa shape index (κ3) is 20.1. The van der Waals surface area contributed by atoms with Crippen molar-refractivity contribution >= 4 is 79.9 Å². The number of halogens is 7. The maximum Gasteiger partial charge on any atom is 0.573 e. The van der Waals surface area contributed by atoms with Gasteiger partial charge in [0.05, 0.1) is 47.1 Å². The van der Waals surface area contributed by atoms with Crippen molar-refractivity contribution in [3.05, 3.63) is 98.9 Å². The highest BCUT2D eigenvalue weighted by molar-refractivity contribution is 7.62. The Hall–Kier alpha value is -6.42. The quantitative estimate of drug-likeness (QED) is 0.00660. The Morgan fingerprint density at radius 1 is 0.774 bits per heavy atom. The van der Waals surface area contributed by atoms with Crippen molar-refractivity contribution in [2.75, 3.05) is 52.6 Å². The van der Waals surface area contributed by atoms with Gasteiger partial charge in [0.25, 0.3) is 8.53 Å². The molecular weight excluding hydrogens is 1290 g/mol. The lowest BCUT2D eigenvalue weighted by atomic mass is 9.75. The van der Waals surface area contributed by atoms with Crippen molar-refractivity contribution in [3.8, 4) is 23.0 Å². The van der Waals surface area contributed by atoms with E-state index in [1.54, 1.807) is 71.1 Å². The van der Waals surface area contributed by atoms with E-state index in [1.807, 2.05) is 0 Å². The molecule has 2 N–H and O–H groups in total. The molecule has 0 fully saturated rings. The Morgan fingerprint density at radius 2 is 1.38 bits per heavy atom. The van der Waals surface area contributed by atoms with Gasteiger partial charge in [-0.2, -0.15) is 13.2 Å². The molecule has 3 unspecified atom stereocenters. The fourth-order valence-electron chi connectivity index (χ4n) is 9.86. The van der Waals surface area contributed by atoms with Crippen molar-refractivity contribution in [1.82, 2.24) is 15.3 Å². The smallest absolute Gasteiger partial charge is 0.455 e. The fraction of sp³-hybridized carbons (Fsp3) is 0.547. The second-order valence-electron chi connectivity index (χ2n) is 24.6. The number of fused-ring (bicyclic) bond motifs is 8. The van der Waals surface area contributed by atoms with Gasteiger partial charge in [0, 0.05) is 60.7 Å². The zero-order valence-electron chi connectivity index (χ0n) is 53.7. The molecule has 1 spiro atoms. The second kappa shape index (κ2) is 32.8. The predicted octanol–water partition coefficient (Wildman–Crippen LogP) is 14.5. The van der Waals surface area contributed by atoms with E-state index in [9.17, 15) is 50.3 Å². The summed E-state index contributed by atoms with van der Waals surface area (Å²) in [4.78, 5) is 74.6. The van der Waals surface area contributed by atoms with E-state index in [-0.39, 0.29) is 150 Å². The van der Waals surface area contributed by atoms with E-state index < -0.39 is 82.1 Å². The summed E-state index contributed by atoms with van der Waals surface area (Å²) in [5, 5.41) is 4.93. The molecule has 3 atom stereocenters. The van der Waals surface area contributed by atoms with Crippen LogP contribution in [0, 0.1) is 17.4 Å². The highest BCUT2D eigenvalue weighted by Gasteiger charge is 2.57. The number of benzene rings is 4. The average Bonchev–Trinajstić information content (AvgIpc) is 1.64. The number of unbranched alkanes of at least 4 members (excludes halogenated alkanes) is 5. The van der Waals surface area contributed by atoms with Gasteiger partial charge in [-0.05, 0) is 149 Å². The Balaban J connectivity index is 1.40. The molecule has 0 aliphatic carbocycles. The van der Waals surface area contributed by atoms with Gasteiger partial charge < -0.3 is 57.3 Å². The Morgan fingerprint density at radius 3 is 2.01 bits per heavy atom. The summed E-state index contributed by atoms with van der Waals surface area (Å²) in [6.07, 6.45) is -7.17. The van der Waals surface area contributed by atoms with Crippen molar-refractivity contribution in [2.24, 2.45) is 15.8 Å². The number of alkyl halides is 6. The number of aryl methyl sites for hydroxylation is 1. The third-order valence-corrected chi connectivity index (χ3v) is 18.8. The summed E-state index contributed by atoms with van der Waals surface area (Å²) >= 11 is 7.46. The zero-order chi connectivity index (χ0) is 68.7. The average molecular weight is 1370 g/mol. The van der Waals surface area contributed by atoms with Gasteiger partial charge in [0.2, 0.25) is 12.5 Å². The minimum atomic E-state index is -5.14. The highest BCUT2D eigenvalue weighted by Crippen LogP contribution is 2.63. The topological polar surface area (TPSA) is 230 Å². The van der Waals surface area contributed by atoms with E-state index in [2.05, 4.69) is 52.3 Å². The standard InChI is InChI=1S/C64H80ClF6N5O15P2/c1-40(2)76(41(3)4)92(85-35-31-72-11)84-32-19-13-12-16-29-74-51(77)27-24-42-36-48-55(53(65)54(42)90-59(81)61(8,9)10)88-50-38-49(89-58(80)60(5,6)7)44-22-14-15-23-45(44)52(50)62(48)47-37-43(25-26-46(47)56(78)91-62)93(82,86-33-20-17-28-73-39-83-64(69,70)71)87-34-21-18-30-75-57(79)63(66,67)68/h14-15,22-23,25-26,36-41H,12-13,16-21,24,27-35H2,1-10H3,(H,74,77)(H,75,79)/b73-39+. The normalized spacial score (nSPS) is 15.8. The summed E-state index contributed by atoms with van der Waals surface area (Å²) in [5.41, 5.74) is -3.93. The van der Waals surface area contributed by atoms with Crippen molar-refractivity contribution in [1.29, 1.82) is 0 Å². The number of rotatable bonds is 33. The van der Waals surface area contributed by atoms with Crippen LogP contribution in [0.25, 0.3) is 15.6 Å². The molecule has 4 aromatic carbocycles. The SMILES string of the molecule is [C-]#[N+]CCOP(OCCCCCCNC(=O)CCc1cc2c(c(Cl)c1OC(=O)C(C)(C)C)Oc1cc(OC(=O)C(C)(C)C)c3ccccc3c1C21OC(=O)c2ccc(P(=O)(OCCCC/N=C/OC(F)(F)F)OCCCCNC(=O)C(F)(F)F)cc21)N(C(C)C)C(C)C. The monoisotopic (exact) mass is 1370 g/mol. The number of nitrogens with zero attached hydrogens (tertiary/aromatic N) is 3. The molecule has 2 aliphatic heterocycles. The first-order valence-electron chi connectivity index (χ1n) is 30.5. The lowest BCUT2D eigenvalue weighted by Gasteiger charge is -2.39. The summed E-state index contributed by atoms with van der Waals surface area (Å²) in [5.74, 6) is -5.19. The van der Waals surface area contributed by atoms with Crippen molar-refractivity contribution in [3.63, 3.8) is 0 Å². The summed E-state index contributed by atoms with van der Waals surface area (Å²) in [6, 6.07) is 13.9. The van der Waals surface area contributed by atoms with Crippen LogP contribution in [0.15, 0.2) is 59.6 Å². The summed E-state index contributed by atoms with van der Waals surface area (Å²) in [7, 11) is -6.00. The molecular formula is C64H80ClF6N5O15P2. The molecule has 0 saturated heterocycles. The molecule has 4 aromatic rings. The summed E-state index contributed by atoms with van der Waals surface area (Å²) in [6.45, 7) is 25.2. The number of nitrogens with one attached hydrogen (secondary N) is 2. The Bertz CT molecular complexity index is 3430. The van der Waals surface area contributed by atoms with E-state index in [0.717, 1.165) is 19.3 Å². The molecule has 20 nitrogen and oxygen atoms in total. The van der Waals surface area contributed by atoms with Gasteiger partial charge in [-0.15, -0.1) is 13.2 Å². The van der Waals surface area contributed by atoms with Crippen LogP contribution in [0.2, 0.25) is 5.02 Å². The van der Waals surface area contributed by atoms with Gasteiger partial charge in [-0.3, -0.25) is 28.7 Å². The van der Waals surface area contributed by atoms with Gasteiger partial charge >= 0.3 is 43.9 Å².